The van der Waals surface area contributed by atoms with Crippen LogP contribution in [0, 0.1) is 0 Å². The van der Waals surface area contributed by atoms with Gasteiger partial charge in [0.1, 0.15) is 6.61 Å². The number of hydrogen-bond donors (Lipinski definition) is 2. The Morgan fingerprint density at radius 2 is 1.65 bits per heavy atom. The van der Waals surface area contributed by atoms with Gasteiger partial charge in [0, 0.05) is 0 Å². The molecule has 3 aromatic rings. The van der Waals surface area contributed by atoms with Crippen LogP contribution in [0.25, 0.3) is 0 Å². The van der Waals surface area contributed by atoms with Crippen LogP contribution in [0.1, 0.15) is 16.7 Å². The molecule has 1 heterocycles. The van der Waals surface area contributed by atoms with Crippen LogP contribution in [-0.4, -0.2) is 38.6 Å². The quantitative estimate of drug-likeness (QED) is 0.489. The van der Waals surface area contributed by atoms with Gasteiger partial charge in [0.15, 0.2) is 23.0 Å². The monoisotopic (exact) mass is 467 g/mol. The molecule has 0 atom stereocenters. The molecular formula is C26H29NO7. The van der Waals surface area contributed by atoms with Crippen molar-refractivity contribution in [2.75, 3.05) is 27.6 Å². The molecule has 180 valence electrons. The number of rotatable bonds is 9. The van der Waals surface area contributed by atoms with E-state index in [1.165, 1.54) is 0 Å². The summed E-state index contributed by atoms with van der Waals surface area (Å²) in [5.41, 5.74) is 8.31. The van der Waals surface area contributed by atoms with Gasteiger partial charge in [-0.2, -0.15) is 0 Å². The summed E-state index contributed by atoms with van der Waals surface area (Å²) >= 11 is 0. The van der Waals surface area contributed by atoms with Crippen molar-refractivity contribution in [2.45, 2.75) is 19.4 Å². The van der Waals surface area contributed by atoms with Crippen molar-refractivity contribution in [1.29, 1.82) is 0 Å². The molecule has 0 bridgehead atoms. The molecule has 0 aromatic heterocycles. The van der Waals surface area contributed by atoms with Gasteiger partial charge in [0.2, 0.25) is 12.5 Å². The summed E-state index contributed by atoms with van der Waals surface area (Å²) in [5.74, 6) is 2.42. The lowest BCUT2D eigenvalue weighted by molar-refractivity contribution is -0.136. The molecule has 0 radical (unpaired) electrons. The van der Waals surface area contributed by atoms with Gasteiger partial charge in [-0.25, -0.2) is 0 Å². The summed E-state index contributed by atoms with van der Waals surface area (Å²) < 4.78 is 26.7. The van der Waals surface area contributed by atoms with Gasteiger partial charge in [-0.1, -0.05) is 36.4 Å². The van der Waals surface area contributed by atoms with Crippen molar-refractivity contribution in [1.82, 2.24) is 0 Å². The molecule has 4 rings (SSSR count). The fraction of sp³-hybridized carbons (Fsp3) is 0.269. The van der Waals surface area contributed by atoms with Crippen LogP contribution in [-0.2, 0) is 24.2 Å². The molecule has 0 saturated carbocycles. The number of hydrogen-bond acceptors (Lipinski definition) is 7. The lowest BCUT2D eigenvalue weighted by Crippen LogP contribution is -2.02. The van der Waals surface area contributed by atoms with Crippen LogP contribution < -0.4 is 29.4 Å². The van der Waals surface area contributed by atoms with Gasteiger partial charge in [0.05, 0.1) is 20.6 Å². The van der Waals surface area contributed by atoms with E-state index in [0.29, 0.717) is 41.7 Å². The number of fused-ring (bicyclic) bond motifs is 1. The molecular weight excluding hydrogens is 438 g/mol. The number of aliphatic carboxylic acids is 1. The molecule has 0 unspecified atom stereocenters. The third-order valence-corrected chi connectivity index (χ3v) is 4.97. The fourth-order valence-corrected chi connectivity index (χ4v) is 3.35. The number of ether oxygens (including phenoxy) is 5. The normalized spacial score (nSPS) is 11.3. The molecule has 34 heavy (non-hydrogen) atoms. The van der Waals surface area contributed by atoms with Crippen molar-refractivity contribution < 1.29 is 33.6 Å². The number of carboxylic acids is 1. The first-order valence-electron chi connectivity index (χ1n) is 10.8. The standard InChI is InChI=1S/C16H16O4.C10H13NO3/c1-19-14-8-7-13(10-16(17)18)9-15(14)20-11-12-5-3-2-4-6-12;1-12-8-4-7(2-3-11)5-9-10(8)14-6-13-9/h2-9H,10-11H2,1H3,(H,17,18);4-5H,2-3,6,11H2,1H3. The molecule has 3 aromatic carbocycles. The van der Waals surface area contributed by atoms with Gasteiger partial charge >= 0.3 is 5.97 Å². The minimum atomic E-state index is -0.871. The molecule has 3 N–H and O–H groups in total. The Morgan fingerprint density at radius 3 is 2.32 bits per heavy atom. The number of nitrogens with two attached hydrogens (primary N) is 1. The maximum atomic E-state index is 10.7. The lowest BCUT2D eigenvalue weighted by Gasteiger charge is -2.12. The maximum absolute atomic E-state index is 10.7. The Bertz CT molecular complexity index is 1090. The summed E-state index contributed by atoms with van der Waals surface area (Å²) in [4.78, 5) is 10.7. The highest BCUT2D eigenvalue weighted by Gasteiger charge is 2.19. The van der Waals surface area contributed by atoms with Crippen molar-refractivity contribution in [3.8, 4) is 28.7 Å². The molecule has 1 aliphatic rings. The van der Waals surface area contributed by atoms with Gasteiger partial charge in [-0.05, 0) is 53.9 Å². The predicted molar refractivity (Wildman–Crippen MR) is 127 cm³/mol. The van der Waals surface area contributed by atoms with E-state index in [-0.39, 0.29) is 13.2 Å². The number of methoxy groups -OCH3 is 2. The van der Waals surface area contributed by atoms with Crippen LogP contribution in [0.15, 0.2) is 60.7 Å². The van der Waals surface area contributed by atoms with Crippen LogP contribution in [0.5, 0.6) is 28.7 Å². The Morgan fingerprint density at radius 1 is 0.912 bits per heavy atom. The van der Waals surface area contributed by atoms with Gasteiger partial charge in [-0.15, -0.1) is 0 Å². The molecule has 0 spiro atoms. The first kappa shape index (κ1) is 24.7. The van der Waals surface area contributed by atoms with Crippen LogP contribution >= 0.6 is 0 Å². The molecule has 8 heteroatoms. The highest BCUT2D eigenvalue weighted by Crippen LogP contribution is 2.41. The smallest absolute Gasteiger partial charge is 0.307 e. The first-order valence-corrected chi connectivity index (χ1v) is 10.8. The van der Waals surface area contributed by atoms with E-state index in [0.717, 1.165) is 23.3 Å². The van der Waals surface area contributed by atoms with E-state index in [1.807, 2.05) is 42.5 Å². The third kappa shape index (κ3) is 6.79. The maximum Gasteiger partial charge on any atom is 0.307 e. The first-order chi connectivity index (χ1) is 16.5. The topological polar surface area (TPSA) is 109 Å². The molecule has 0 aliphatic carbocycles. The van der Waals surface area contributed by atoms with Crippen molar-refractivity contribution >= 4 is 5.97 Å². The van der Waals surface area contributed by atoms with E-state index in [9.17, 15) is 4.79 Å². The van der Waals surface area contributed by atoms with E-state index in [2.05, 4.69) is 0 Å². The Labute approximate surface area is 198 Å². The van der Waals surface area contributed by atoms with E-state index in [1.54, 1.807) is 32.4 Å². The van der Waals surface area contributed by atoms with Gasteiger partial charge in [-0.3, -0.25) is 4.79 Å². The van der Waals surface area contributed by atoms with Crippen molar-refractivity contribution in [3.63, 3.8) is 0 Å². The molecule has 0 fully saturated rings. The highest BCUT2D eigenvalue weighted by molar-refractivity contribution is 5.70. The highest BCUT2D eigenvalue weighted by atomic mass is 16.7. The fourth-order valence-electron chi connectivity index (χ4n) is 3.35. The van der Waals surface area contributed by atoms with Gasteiger partial charge in [0.25, 0.3) is 0 Å². The minimum absolute atomic E-state index is 0.0360. The lowest BCUT2D eigenvalue weighted by atomic mass is 10.1. The zero-order valence-electron chi connectivity index (χ0n) is 19.3. The molecule has 0 saturated heterocycles. The minimum Gasteiger partial charge on any atom is -0.493 e. The Kier molecular flexibility index (Phi) is 8.99. The van der Waals surface area contributed by atoms with Gasteiger partial charge < -0.3 is 34.5 Å². The van der Waals surface area contributed by atoms with E-state index >= 15 is 0 Å². The average Bonchev–Trinajstić information content (AvgIpc) is 3.32. The summed E-state index contributed by atoms with van der Waals surface area (Å²) in [6.07, 6.45) is 0.776. The zero-order valence-corrected chi connectivity index (χ0v) is 19.3. The second-order valence-corrected chi connectivity index (χ2v) is 7.40. The van der Waals surface area contributed by atoms with Crippen molar-refractivity contribution in [2.24, 2.45) is 5.73 Å². The zero-order chi connectivity index (χ0) is 24.3. The summed E-state index contributed by atoms with van der Waals surface area (Å²) in [6, 6.07) is 18.8. The molecule has 0 amide bonds. The van der Waals surface area contributed by atoms with Crippen LogP contribution in [0.3, 0.4) is 0 Å². The largest absolute Gasteiger partial charge is 0.493 e. The third-order valence-electron chi connectivity index (χ3n) is 4.97. The van der Waals surface area contributed by atoms with E-state index in [4.69, 9.17) is 34.5 Å². The number of benzene rings is 3. The SMILES string of the molecule is COc1cc(CCN)cc2c1OCO2.COc1ccc(CC(=O)O)cc1OCc1ccccc1. The summed E-state index contributed by atoms with van der Waals surface area (Å²) in [5, 5.41) is 8.82. The van der Waals surface area contributed by atoms with Crippen molar-refractivity contribution in [3.05, 3.63) is 77.4 Å². The molecule has 1 aliphatic heterocycles. The Balaban J connectivity index is 0.000000202. The summed E-state index contributed by atoms with van der Waals surface area (Å²) in [7, 11) is 3.17. The van der Waals surface area contributed by atoms with Crippen LogP contribution in [0.2, 0.25) is 0 Å². The summed E-state index contributed by atoms with van der Waals surface area (Å²) in [6.45, 7) is 1.29. The predicted octanol–water partition coefficient (Wildman–Crippen LogP) is 3.83. The van der Waals surface area contributed by atoms with E-state index < -0.39 is 5.97 Å². The average molecular weight is 468 g/mol. The number of carboxylic acid groups (broad SMARTS) is 1. The molecule has 8 nitrogen and oxygen atoms in total. The Hall–Kier alpha value is -3.91. The number of carbonyl (C=O) groups is 1. The second kappa shape index (κ2) is 12.4. The second-order valence-electron chi connectivity index (χ2n) is 7.40. The van der Waals surface area contributed by atoms with Crippen LogP contribution in [0.4, 0.5) is 0 Å².